The second-order valence-electron chi connectivity index (χ2n) is 16.4. The first-order chi connectivity index (χ1) is 26.4. The molecule has 0 heterocycles. The minimum absolute atomic E-state index is 0.121. The lowest BCUT2D eigenvalue weighted by Crippen LogP contribution is -2.42. The van der Waals surface area contributed by atoms with Crippen molar-refractivity contribution in [2.45, 2.75) is 270 Å². The van der Waals surface area contributed by atoms with E-state index in [-0.39, 0.29) is 23.7 Å². The van der Waals surface area contributed by atoms with E-state index in [1.807, 2.05) is 0 Å². The number of carbonyl (C=O) groups is 3. The molecular formula is C47H91NO5S. The van der Waals surface area contributed by atoms with Crippen molar-refractivity contribution in [1.29, 1.82) is 0 Å². The summed E-state index contributed by atoms with van der Waals surface area (Å²) in [6.07, 6.45) is 44.1. The Labute approximate surface area is 340 Å². The minimum Gasteiger partial charge on any atom is -0.480 e. The lowest BCUT2D eigenvalue weighted by Gasteiger charge is -2.20. The maximum atomic E-state index is 12.8. The summed E-state index contributed by atoms with van der Waals surface area (Å²) in [4.78, 5) is 37.4. The van der Waals surface area contributed by atoms with Crippen LogP contribution >= 0.6 is 11.8 Å². The zero-order valence-electron chi connectivity index (χ0n) is 36.2. The Hall–Kier alpha value is -1.24. The number of amides is 1. The maximum absolute atomic E-state index is 12.8. The first-order valence-electron chi connectivity index (χ1n) is 23.7. The fourth-order valence-electron chi connectivity index (χ4n) is 7.28. The van der Waals surface area contributed by atoms with Gasteiger partial charge < -0.3 is 15.2 Å². The van der Waals surface area contributed by atoms with Gasteiger partial charge in [0.05, 0.1) is 0 Å². The molecule has 1 amide bonds. The van der Waals surface area contributed by atoms with E-state index in [0.717, 1.165) is 51.4 Å². The molecule has 6 nitrogen and oxygen atoms in total. The van der Waals surface area contributed by atoms with Crippen molar-refractivity contribution < 1.29 is 24.2 Å². The van der Waals surface area contributed by atoms with Gasteiger partial charge in [0.15, 0.2) is 0 Å². The molecule has 2 atom stereocenters. The molecular weight excluding hydrogens is 691 g/mol. The molecule has 1 unspecified atom stereocenters. The van der Waals surface area contributed by atoms with Crippen LogP contribution in [0.5, 0.6) is 0 Å². The Kier molecular flexibility index (Phi) is 41.9. The van der Waals surface area contributed by atoms with Gasteiger partial charge in [-0.1, -0.05) is 220 Å². The SMILES string of the molecule is CCCCCCCCCCCCCCCC(=O)N[C@@H](CSCC(CCCCCCCCCC)OC(=O)CCCCCCCCCCCCCCC)C(=O)O. The topological polar surface area (TPSA) is 92.7 Å². The molecule has 0 rings (SSSR count). The molecule has 0 aromatic carbocycles. The van der Waals surface area contributed by atoms with Crippen molar-refractivity contribution >= 4 is 29.6 Å². The van der Waals surface area contributed by atoms with Crippen molar-refractivity contribution in [3.63, 3.8) is 0 Å². The molecule has 0 aromatic rings. The summed E-state index contributed by atoms with van der Waals surface area (Å²) in [6.45, 7) is 6.77. The number of thioether (sulfide) groups is 1. The van der Waals surface area contributed by atoms with Gasteiger partial charge in [0.25, 0.3) is 0 Å². The molecule has 0 fully saturated rings. The van der Waals surface area contributed by atoms with Crippen LogP contribution in [-0.4, -0.2) is 46.6 Å². The number of ether oxygens (including phenoxy) is 1. The van der Waals surface area contributed by atoms with E-state index in [1.165, 1.54) is 185 Å². The highest BCUT2D eigenvalue weighted by molar-refractivity contribution is 7.99. The lowest BCUT2D eigenvalue weighted by molar-refractivity contribution is -0.148. The molecule has 54 heavy (non-hydrogen) atoms. The van der Waals surface area contributed by atoms with Gasteiger partial charge in [-0.3, -0.25) is 9.59 Å². The van der Waals surface area contributed by atoms with Crippen LogP contribution < -0.4 is 5.32 Å². The fourth-order valence-corrected chi connectivity index (χ4v) is 8.37. The van der Waals surface area contributed by atoms with Crippen molar-refractivity contribution in [2.75, 3.05) is 11.5 Å². The van der Waals surface area contributed by atoms with Gasteiger partial charge >= 0.3 is 11.9 Å². The standard InChI is InChI=1S/C47H91NO5S/c1-4-7-10-13-16-19-21-23-25-27-30-33-36-39-45(49)48-44(47(51)52)42-54-41-43(38-35-32-29-18-15-12-9-6-3)53-46(50)40-37-34-31-28-26-24-22-20-17-14-11-8-5-2/h43-44H,4-42H2,1-3H3,(H,48,49)(H,51,52)/t43?,44-/m0/s1. The summed E-state index contributed by atoms with van der Waals surface area (Å²) >= 11 is 1.48. The number of carboxylic acid groups (broad SMARTS) is 1. The summed E-state index contributed by atoms with van der Waals surface area (Å²) in [6, 6.07) is -0.922. The van der Waals surface area contributed by atoms with Gasteiger partial charge in [0.2, 0.25) is 5.91 Å². The van der Waals surface area contributed by atoms with Crippen LogP contribution in [0.3, 0.4) is 0 Å². The number of rotatable bonds is 44. The maximum Gasteiger partial charge on any atom is 0.327 e. The fraction of sp³-hybridized carbons (Fsp3) is 0.936. The summed E-state index contributed by atoms with van der Waals surface area (Å²) in [5, 5.41) is 12.6. The van der Waals surface area contributed by atoms with Gasteiger partial charge in [-0.2, -0.15) is 11.8 Å². The van der Waals surface area contributed by atoms with Gasteiger partial charge in [0, 0.05) is 24.3 Å². The van der Waals surface area contributed by atoms with E-state index < -0.39 is 12.0 Å². The third kappa shape index (κ3) is 39.0. The normalized spacial score (nSPS) is 12.5. The number of hydrogen-bond acceptors (Lipinski definition) is 5. The number of esters is 1. The third-order valence-corrected chi connectivity index (χ3v) is 12.1. The highest BCUT2D eigenvalue weighted by Crippen LogP contribution is 2.19. The molecule has 2 N–H and O–H groups in total. The Bertz CT molecular complexity index is 824. The van der Waals surface area contributed by atoms with E-state index >= 15 is 0 Å². The summed E-state index contributed by atoms with van der Waals surface area (Å²) in [5.74, 6) is -0.446. The number of unbranched alkanes of at least 4 members (excludes halogenated alkanes) is 31. The van der Waals surface area contributed by atoms with E-state index in [0.29, 0.717) is 18.6 Å². The Morgan fingerprint density at radius 3 is 1.17 bits per heavy atom. The van der Waals surface area contributed by atoms with Crippen LogP contribution in [0.4, 0.5) is 0 Å². The van der Waals surface area contributed by atoms with E-state index in [2.05, 4.69) is 26.1 Å². The quantitative estimate of drug-likeness (QED) is 0.0472. The average Bonchev–Trinajstić information content (AvgIpc) is 3.15. The van der Waals surface area contributed by atoms with Crippen molar-refractivity contribution in [2.24, 2.45) is 0 Å². The van der Waals surface area contributed by atoms with Crippen LogP contribution in [0.25, 0.3) is 0 Å². The Balaban J connectivity index is 4.38. The van der Waals surface area contributed by atoms with Crippen molar-refractivity contribution in [1.82, 2.24) is 5.32 Å². The monoisotopic (exact) mass is 782 g/mol. The van der Waals surface area contributed by atoms with E-state index in [4.69, 9.17) is 4.74 Å². The molecule has 0 aliphatic carbocycles. The molecule has 0 saturated carbocycles. The molecule has 320 valence electrons. The molecule has 7 heteroatoms. The van der Waals surface area contributed by atoms with Crippen LogP contribution in [0.15, 0.2) is 0 Å². The van der Waals surface area contributed by atoms with E-state index in [9.17, 15) is 19.5 Å². The Morgan fingerprint density at radius 2 is 0.796 bits per heavy atom. The first-order valence-corrected chi connectivity index (χ1v) is 24.9. The first kappa shape index (κ1) is 52.8. The highest BCUT2D eigenvalue weighted by atomic mass is 32.2. The number of carboxylic acids is 1. The smallest absolute Gasteiger partial charge is 0.327 e. The largest absolute Gasteiger partial charge is 0.480 e. The van der Waals surface area contributed by atoms with E-state index in [1.54, 1.807) is 0 Å². The third-order valence-electron chi connectivity index (χ3n) is 10.9. The highest BCUT2D eigenvalue weighted by Gasteiger charge is 2.22. The molecule has 0 aliphatic heterocycles. The van der Waals surface area contributed by atoms with Crippen molar-refractivity contribution in [3.8, 4) is 0 Å². The molecule has 0 saturated heterocycles. The zero-order valence-corrected chi connectivity index (χ0v) is 37.0. The summed E-state index contributed by atoms with van der Waals surface area (Å²) in [7, 11) is 0. The van der Waals surface area contributed by atoms with Gasteiger partial charge in [-0.05, 0) is 25.7 Å². The minimum atomic E-state index is -1.000. The number of carbonyl (C=O) groups excluding carboxylic acids is 2. The summed E-state index contributed by atoms with van der Waals surface area (Å²) < 4.78 is 5.98. The average molecular weight is 782 g/mol. The second kappa shape index (κ2) is 42.9. The van der Waals surface area contributed by atoms with Crippen LogP contribution in [0, 0.1) is 0 Å². The molecule has 0 aromatic heterocycles. The Morgan fingerprint density at radius 1 is 0.463 bits per heavy atom. The summed E-state index contributed by atoms with van der Waals surface area (Å²) in [5.41, 5.74) is 0. The van der Waals surface area contributed by atoms with Gasteiger partial charge in [-0.25, -0.2) is 4.79 Å². The van der Waals surface area contributed by atoms with Crippen LogP contribution in [0.2, 0.25) is 0 Å². The predicted molar refractivity (Wildman–Crippen MR) is 235 cm³/mol. The predicted octanol–water partition coefficient (Wildman–Crippen LogP) is 14.7. The second-order valence-corrected chi connectivity index (χ2v) is 17.4. The van der Waals surface area contributed by atoms with Crippen molar-refractivity contribution in [3.05, 3.63) is 0 Å². The molecule has 0 bridgehead atoms. The van der Waals surface area contributed by atoms with Crippen LogP contribution in [-0.2, 0) is 19.1 Å². The number of hydrogen-bond donors (Lipinski definition) is 2. The zero-order chi connectivity index (χ0) is 39.6. The molecule has 0 aliphatic rings. The molecule has 0 radical (unpaired) electrons. The van der Waals surface area contributed by atoms with Gasteiger partial charge in [0.1, 0.15) is 12.1 Å². The van der Waals surface area contributed by atoms with Crippen LogP contribution in [0.1, 0.15) is 258 Å². The lowest BCUT2D eigenvalue weighted by atomic mass is 10.0. The van der Waals surface area contributed by atoms with Gasteiger partial charge in [-0.15, -0.1) is 0 Å². The molecule has 0 spiro atoms. The number of nitrogens with one attached hydrogen (secondary N) is 1. The number of aliphatic carboxylic acids is 1.